The van der Waals surface area contributed by atoms with Gasteiger partial charge in [0.15, 0.2) is 0 Å². The van der Waals surface area contributed by atoms with Crippen molar-refractivity contribution in [1.29, 1.82) is 0 Å². The van der Waals surface area contributed by atoms with Crippen molar-refractivity contribution < 1.29 is 0 Å². The normalized spacial score (nSPS) is 36.6. The van der Waals surface area contributed by atoms with Crippen molar-refractivity contribution in [2.24, 2.45) is 11.8 Å². The van der Waals surface area contributed by atoms with Gasteiger partial charge in [-0.1, -0.05) is 38.5 Å². The largest absolute Gasteiger partial charge is 0.314 e. The lowest BCUT2D eigenvalue weighted by atomic mass is 9.80. The van der Waals surface area contributed by atoms with Crippen LogP contribution in [0.3, 0.4) is 0 Å². The van der Waals surface area contributed by atoms with Crippen LogP contribution < -0.4 is 5.32 Å². The minimum atomic E-state index is 0.775. The van der Waals surface area contributed by atoms with Crippen LogP contribution >= 0.6 is 0 Å². The Morgan fingerprint density at radius 3 is 2.07 bits per heavy atom. The molecule has 0 amide bonds. The van der Waals surface area contributed by atoms with E-state index in [0.717, 1.165) is 17.9 Å². The summed E-state index contributed by atoms with van der Waals surface area (Å²) in [5, 5.41) is 3.65. The molecule has 0 aromatic heterocycles. The summed E-state index contributed by atoms with van der Waals surface area (Å²) in [7, 11) is 0. The Kier molecular flexibility index (Phi) is 3.86. The van der Waals surface area contributed by atoms with E-state index in [4.69, 9.17) is 0 Å². The van der Waals surface area contributed by atoms with E-state index < -0.39 is 0 Å². The molecule has 1 heterocycles. The van der Waals surface area contributed by atoms with Crippen LogP contribution in [0.25, 0.3) is 0 Å². The highest BCUT2D eigenvalue weighted by molar-refractivity contribution is 4.81. The third-order valence-electron chi connectivity index (χ3n) is 4.27. The molecule has 0 aromatic rings. The zero-order valence-electron chi connectivity index (χ0n) is 9.60. The summed E-state index contributed by atoms with van der Waals surface area (Å²) in [5.74, 6) is 2.06. The highest BCUT2D eigenvalue weighted by atomic mass is 14.9. The molecule has 0 aromatic carbocycles. The molecule has 2 rings (SSSR count). The van der Waals surface area contributed by atoms with Crippen molar-refractivity contribution in [1.82, 2.24) is 5.32 Å². The first-order valence-electron chi connectivity index (χ1n) is 6.59. The third-order valence-corrected chi connectivity index (χ3v) is 4.27. The Morgan fingerprint density at radius 2 is 1.50 bits per heavy atom. The molecule has 1 saturated carbocycles. The maximum atomic E-state index is 3.65. The van der Waals surface area contributed by atoms with E-state index in [9.17, 15) is 0 Å². The highest BCUT2D eigenvalue weighted by Gasteiger charge is 2.25. The summed E-state index contributed by atoms with van der Waals surface area (Å²) in [5.41, 5.74) is 0. The van der Waals surface area contributed by atoms with Gasteiger partial charge in [0.1, 0.15) is 0 Å². The van der Waals surface area contributed by atoms with Crippen LogP contribution in [0.15, 0.2) is 0 Å². The van der Waals surface area contributed by atoms with Crippen molar-refractivity contribution in [2.75, 3.05) is 6.54 Å². The number of hydrogen-bond acceptors (Lipinski definition) is 1. The van der Waals surface area contributed by atoms with Crippen LogP contribution in [0.2, 0.25) is 0 Å². The van der Waals surface area contributed by atoms with Gasteiger partial charge < -0.3 is 5.32 Å². The van der Waals surface area contributed by atoms with E-state index in [-0.39, 0.29) is 0 Å². The lowest BCUT2D eigenvalue weighted by Gasteiger charge is -2.33. The van der Waals surface area contributed by atoms with Crippen LogP contribution in [0.4, 0.5) is 0 Å². The second kappa shape index (κ2) is 5.16. The predicted octanol–water partition coefficient (Wildman–Crippen LogP) is 3.34. The van der Waals surface area contributed by atoms with Gasteiger partial charge in [-0.05, 0) is 38.1 Å². The van der Waals surface area contributed by atoms with Gasteiger partial charge >= 0.3 is 0 Å². The minimum Gasteiger partial charge on any atom is -0.314 e. The van der Waals surface area contributed by atoms with Gasteiger partial charge in [0.2, 0.25) is 0 Å². The van der Waals surface area contributed by atoms with Crippen LogP contribution in [0.5, 0.6) is 0 Å². The second-order valence-electron chi connectivity index (χ2n) is 5.40. The summed E-state index contributed by atoms with van der Waals surface area (Å²) >= 11 is 0. The van der Waals surface area contributed by atoms with E-state index in [1.54, 1.807) is 0 Å². The van der Waals surface area contributed by atoms with Crippen molar-refractivity contribution in [2.45, 2.75) is 64.3 Å². The van der Waals surface area contributed by atoms with Gasteiger partial charge in [-0.15, -0.1) is 0 Å². The molecule has 0 spiro atoms. The smallest absolute Gasteiger partial charge is 0.00389 e. The Hall–Kier alpha value is -0.0400. The third kappa shape index (κ3) is 2.73. The topological polar surface area (TPSA) is 12.0 Å². The predicted molar refractivity (Wildman–Crippen MR) is 61.4 cm³/mol. The summed E-state index contributed by atoms with van der Waals surface area (Å²) in [4.78, 5) is 0. The van der Waals surface area contributed by atoms with Crippen LogP contribution in [-0.2, 0) is 0 Å². The molecule has 1 saturated heterocycles. The van der Waals surface area contributed by atoms with Crippen molar-refractivity contribution in [3.63, 3.8) is 0 Å². The molecule has 2 aliphatic rings. The van der Waals surface area contributed by atoms with Crippen LogP contribution in [-0.4, -0.2) is 12.6 Å². The number of hydrogen-bond donors (Lipinski definition) is 1. The summed E-state index contributed by atoms with van der Waals surface area (Å²) < 4.78 is 0. The quantitative estimate of drug-likeness (QED) is 0.633. The minimum absolute atomic E-state index is 0.775. The van der Waals surface area contributed by atoms with E-state index >= 15 is 0 Å². The first-order chi connectivity index (χ1) is 6.86. The molecule has 14 heavy (non-hydrogen) atoms. The van der Waals surface area contributed by atoms with Gasteiger partial charge in [0.05, 0.1) is 0 Å². The Balaban J connectivity index is 1.81. The fourth-order valence-electron chi connectivity index (χ4n) is 3.21. The Bertz CT molecular complexity index is 151. The van der Waals surface area contributed by atoms with E-state index in [1.807, 2.05) is 0 Å². The molecule has 1 heteroatoms. The van der Waals surface area contributed by atoms with Gasteiger partial charge in [0, 0.05) is 6.04 Å². The van der Waals surface area contributed by atoms with E-state index in [0.29, 0.717) is 0 Å². The number of piperidine rings is 1. The number of rotatable bonds is 1. The van der Waals surface area contributed by atoms with Crippen molar-refractivity contribution in [3.8, 4) is 0 Å². The maximum Gasteiger partial charge on any atom is 0.00389 e. The first-order valence-corrected chi connectivity index (χ1v) is 6.59. The van der Waals surface area contributed by atoms with Gasteiger partial charge in [0.25, 0.3) is 0 Å². The second-order valence-corrected chi connectivity index (χ2v) is 5.40. The SMILES string of the molecule is CC1CCC(C2CCCCCC2)CN1. The summed E-state index contributed by atoms with van der Waals surface area (Å²) in [6.07, 6.45) is 11.9. The highest BCUT2D eigenvalue weighted by Crippen LogP contribution is 2.32. The van der Waals surface area contributed by atoms with Crippen molar-refractivity contribution in [3.05, 3.63) is 0 Å². The zero-order chi connectivity index (χ0) is 9.80. The average molecular weight is 195 g/mol. The van der Waals surface area contributed by atoms with Crippen molar-refractivity contribution >= 4 is 0 Å². The van der Waals surface area contributed by atoms with Crippen LogP contribution in [0.1, 0.15) is 58.3 Å². The fourth-order valence-corrected chi connectivity index (χ4v) is 3.21. The van der Waals surface area contributed by atoms with E-state index in [1.165, 1.54) is 57.9 Å². The molecular weight excluding hydrogens is 170 g/mol. The standard InChI is InChI=1S/C13H25N/c1-11-8-9-13(10-14-11)12-6-4-2-3-5-7-12/h11-14H,2-10H2,1H3. The molecule has 2 fully saturated rings. The Labute approximate surface area is 88.7 Å². The van der Waals surface area contributed by atoms with Gasteiger partial charge in [-0.2, -0.15) is 0 Å². The molecule has 1 aliphatic carbocycles. The van der Waals surface area contributed by atoms with E-state index in [2.05, 4.69) is 12.2 Å². The molecule has 0 bridgehead atoms. The van der Waals surface area contributed by atoms with Gasteiger partial charge in [-0.25, -0.2) is 0 Å². The Morgan fingerprint density at radius 1 is 0.786 bits per heavy atom. The molecular formula is C13H25N. The molecule has 1 nitrogen and oxygen atoms in total. The maximum absolute atomic E-state index is 3.65. The molecule has 82 valence electrons. The lowest BCUT2D eigenvalue weighted by molar-refractivity contribution is 0.218. The van der Waals surface area contributed by atoms with Gasteiger partial charge in [-0.3, -0.25) is 0 Å². The van der Waals surface area contributed by atoms with Crippen LogP contribution in [0, 0.1) is 11.8 Å². The molecule has 0 radical (unpaired) electrons. The monoisotopic (exact) mass is 195 g/mol. The average Bonchev–Trinajstić information content (AvgIpc) is 2.47. The fraction of sp³-hybridized carbons (Fsp3) is 1.00. The molecule has 1 N–H and O–H groups in total. The molecule has 2 unspecified atom stereocenters. The molecule has 1 aliphatic heterocycles. The summed E-state index contributed by atoms with van der Waals surface area (Å²) in [6.45, 7) is 3.62. The first kappa shape index (κ1) is 10.5. The number of nitrogens with one attached hydrogen (secondary N) is 1. The lowest BCUT2D eigenvalue weighted by Crippen LogP contribution is -2.39. The molecule has 2 atom stereocenters. The zero-order valence-corrected chi connectivity index (χ0v) is 9.60. The summed E-state index contributed by atoms with van der Waals surface area (Å²) in [6, 6.07) is 0.775.